The summed E-state index contributed by atoms with van der Waals surface area (Å²) in [6.07, 6.45) is 2.40. The number of nitrogens with one attached hydrogen (secondary N) is 1. The minimum Gasteiger partial charge on any atom is -0.477 e. The van der Waals surface area contributed by atoms with Crippen LogP contribution >= 0.6 is 0 Å². The first-order chi connectivity index (χ1) is 9.69. The minimum absolute atomic E-state index is 0.252. The van der Waals surface area contributed by atoms with Crippen molar-refractivity contribution in [3.63, 3.8) is 0 Å². The first-order valence-electron chi connectivity index (χ1n) is 6.70. The van der Waals surface area contributed by atoms with Crippen molar-refractivity contribution in [2.45, 2.75) is 26.7 Å². The second-order valence-corrected chi connectivity index (χ2v) is 3.95. The normalized spacial score (nSPS) is 9.90. The number of rotatable bonds is 8. The van der Waals surface area contributed by atoms with E-state index >= 15 is 0 Å². The van der Waals surface area contributed by atoms with E-state index in [4.69, 9.17) is 9.47 Å². The summed E-state index contributed by atoms with van der Waals surface area (Å²) in [5.74, 6) is -0.193. The predicted molar refractivity (Wildman–Crippen MR) is 73.6 cm³/mol. The van der Waals surface area contributed by atoms with Crippen LogP contribution < -0.4 is 10.1 Å². The van der Waals surface area contributed by atoms with Crippen LogP contribution in [0.3, 0.4) is 0 Å². The van der Waals surface area contributed by atoms with Gasteiger partial charge in [-0.25, -0.2) is 4.98 Å². The lowest BCUT2D eigenvalue weighted by atomic mass is 10.2. The summed E-state index contributed by atoms with van der Waals surface area (Å²) in [4.78, 5) is 27.1. The van der Waals surface area contributed by atoms with E-state index in [1.807, 2.05) is 6.92 Å². The zero-order chi connectivity index (χ0) is 14.8. The Morgan fingerprint density at radius 2 is 2.10 bits per heavy atom. The van der Waals surface area contributed by atoms with Crippen LogP contribution in [0.5, 0.6) is 5.88 Å². The van der Waals surface area contributed by atoms with E-state index in [0.29, 0.717) is 44.0 Å². The fourth-order valence-electron chi connectivity index (χ4n) is 1.58. The monoisotopic (exact) mass is 280 g/mol. The maximum atomic E-state index is 12.0. The molecule has 1 heterocycles. The van der Waals surface area contributed by atoms with E-state index in [9.17, 15) is 9.59 Å². The molecule has 1 amide bonds. The highest BCUT2D eigenvalue weighted by molar-refractivity contribution is 5.96. The molecule has 0 saturated carbocycles. The zero-order valence-electron chi connectivity index (χ0n) is 11.8. The molecule has 1 rings (SSSR count). The average Bonchev–Trinajstić information content (AvgIpc) is 2.44. The van der Waals surface area contributed by atoms with E-state index in [2.05, 4.69) is 10.3 Å². The van der Waals surface area contributed by atoms with Crippen LogP contribution in [-0.4, -0.2) is 36.6 Å². The maximum absolute atomic E-state index is 12.0. The van der Waals surface area contributed by atoms with Crippen molar-refractivity contribution in [1.29, 1.82) is 0 Å². The Bertz CT molecular complexity index is 449. The van der Waals surface area contributed by atoms with Gasteiger partial charge in [-0.05, 0) is 32.4 Å². The van der Waals surface area contributed by atoms with Gasteiger partial charge in [0.1, 0.15) is 5.56 Å². The van der Waals surface area contributed by atoms with Crippen molar-refractivity contribution >= 4 is 11.9 Å². The Morgan fingerprint density at radius 1 is 1.30 bits per heavy atom. The van der Waals surface area contributed by atoms with E-state index in [-0.39, 0.29) is 11.9 Å². The number of esters is 1. The number of hydrogen-bond acceptors (Lipinski definition) is 5. The summed E-state index contributed by atoms with van der Waals surface area (Å²) < 4.78 is 10.1. The van der Waals surface area contributed by atoms with Crippen LogP contribution in [0.25, 0.3) is 0 Å². The standard InChI is InChI=1S/C14H20N2O4/c1-3-19-12(17)8-6-9-15-13(18)11-7-5-10-16-14(11)20-4-2/h5,7,10H,3-4,6,8-9H2,1-2H3,(H,15,18). The van der Waals surface area contributed by atoms with Crippen LogP contribution in [0.1, 0.15) is 37.0 Å². The number of carbonyl (C=O) groups excluding carboxylic acids is 2. The van der Waals surface area contributed by atoms with Gasteiger partial charge in [-0.1, -0.05) is 0 Å². The molecular weight excluding hydrogens is 260 g/mol. The molecule has 1 aromatic heterocycles. The van der Waals surface area contributed by atoms with Crippen LogP contribution in [0.15, 0.2) is 18.3 Å². The molecule has 0 aliphatic heterocycles. The quantitative estimate of drug-likeness (QED) is 0.577. The largest absolute Gasteiger partial charge is 0.477 e. The van der Waals surface area contributed by atoms with Crippen molar-refractivity contribution in [3.8, 4) is 5.88 Å². The van der Waals surface area contributed by atoms with Crippen LogP contribution in [-0.2, 0) is 9.53 Å². The zero-order valence-corrected chi connectivity index (χ0v) is 11.8. The molecule has 0 saturated heterocycles. The summed E-state index contributed by atoms with van der Waals surface area (Å²) >= 11 is 0. The average molecular weight is 280 g/mol. The Morgan fingerprint density at radius 3 is 2.80 bits per heavy atom. The van der Waals surface area contributed by atoms with E-state index < -0.39 is 0 Å². The highest BCUT2D eigenvalue weighted by atomic mass is 16.5. The molecular formula is C14H20N2O4. The summed E-state index contributed by atoms with van der Waals surface area (Å²) in [5, 5.41) is 2.73. The number of ether oxygens (including phenoxy) is 2. The number of aromatic nitrogens is 1. The molecule has 0 unspecified atom stereocenters. The number of pyridine rings is 1. The summed E-state index contributed by atoms with van der Waals surface area (Å²) in [6.45, 7) is 4.81. The van der Waals surface area contributed by atoms with E-state index in [0.717, 1.165) is 0 Å². The van der Waals surface area contributed by atoms with Crippen molar-refractivity contribution in [2.24, 2.45) is 0 Å². The van der Waals surface area contributed by atoms with Gasteiger partial charge in [0.05, 0.1) is 13.2 Å². The van der Waals surface area contributed by atoms with Crippen LogP contribution in [0.2, 0.25) is 0 Å². The molecule has 0 aliphatic rings. The second kappa shape index (κ2) is 8.90. The third kappa shape index (κ3) is 5.26. The second-order valence-electron chi connectivity index (χ2n) is 3.95. The fraction of sp³-hybridized carbons (Fsp3) is 0.500. The van der Waals surface area contributed by atoms with Gasteiger partial charge >= 0.3 is 5.97 Å². The van der Waals surface area contributed by atoms with Crippen molar-refractivity contribution in [3.05, 3.63) is 23.9 Å². The van der Waals surface area contributed by atoms with Gasteiger partial charge in [-0.2, -0.15) is 0 Å². The number of nitrogens with zero attached hydrogens (tertiary/aromatic N) is 1. The topological polar surface area (TPSA) is 77.5 Å². The van der Waals surface area contributed by atoms with Gasteiger partial charge in [-0.15, -0.1) is 0 Å². The first-order valence-corrected chi connectivity index (χ1v) is 6.70. The lowest BCUT2D eigenvalue weighted by Crippen LogP contribution is -2.25. The van der Waals surface area contributed by atoms with Crippen molar-refractivity contribution in [1.82, 2.24) is 10.3 Å². The third-order valence-corrected chi connectivity index (χ3v) is 2.45. The predicted octanol–water partition coefficient (Wildman–Crippen LogP) is 1.55. The van der Waals surface area contributed by atoms with Crippen molar-refractivity contribution < 1.29 is 19.1 Å². The lowest BCUT2D eigenvalue weighted by molar-refractivity contribution is -0.143. The molecule has 1 aromatic rings. The highest BCUT2D eigenvalue weighted by Gasteiger charge is 2.12. The molecule has 0 atom stereocenters. The molecule has 0 aliphatic carbocycles. The molecule has 0 aromatic carbocycles. The van der Waals surface area contributed by atoms with Gasteiger partial charge in [0.25, 0.3) is 5.91 Å². The van der Waals surface area contributed by atoms with E-state index in [1.165, 1.54) is 0 Å². The Kier molecular flexibility index (Phi) is 7.10. The van der Waals surface area contributed by atoms with Gasteiger partial charge in [-0.3, -0.25) is 9.59 Å². The highest BCUT2D eigenvalue weighted by Crippen LogP contribution is 2.13. The van der Waals surface area contributed by atoms with Crippen LogP contribution in [0.4, 0.5) is 0 Å². The van der Waals surface area contributed by atoms with E-state index in [1.54, 1.807) is 25.3 Å². The lowest BCUT2D eigenvalue weighted by Gasteiger charge is -2.09. The smallest absolute Gasteiger partial charge is 0.305 e. The van der Waals surface area contributed by atoms with Gasteiger partial charge in [0, 0.05) is 19.2 Å². The molecule has 0 radical (unpaired) electrons. The minimum atomic E-state index is -0.259. The molecule has 6 nitrogen and oxygen atoms in total. The Labute approximate surface area is 118 Å². The van der Waals surface area contributed by atoms with Gasteiger partial charge < -0.3 is 14.8 Å². The molecule has 20 heavy (non-hydrogen) atoms. The van der Waals surface area contributed by atoms with Gasteiger partial charge in [0.15, 0.2) is 0 Å². The molecule has 6 heteroatoms. The molecule has 0 fully saturated rings. The maximum Gasteiger partial charge on any atom is 0.305 e. The first kappa shape index (κ1) is 15.9. The number of amides is 1. The molecule has 110 valence electrons. The summed E-state index contributed by atoms with van der Waals surface area (Å²) in [5.41, 5.74) is 0.394. The Hall–Kier alpha value is -2.11. The summed E-state index contributed by atoms with van der Waals surface area (Å²) in [6, 6.07) is 3.33. The molecule has 0 bridgehead atoms. The van der Waals surface area contributed by atoms with Gasteiger partial charge in [0.2, 0.25) is 5.88 Å². The third-order valence-electron chi connectivity index (χ3n) is 2.45. The molecule has 0 spiro atoms. The SMILES string of the molecule is CCOC(=O)CCCNC(=O)c1cccnc1OCC. The summed E-state index contributed by atoms with van der Waals surface area (Å²) in [7, 11) is 0. The number of carbonyl (C=O) groups is 2. The molecule has 1 N–H and O–H groups in total. The van der Waals surface area contributed by atoms with Crippen molar-refractivity contribution in [2.75, 3.05) is 19.8 Å². The fourth-order valence-corrected chi connectivity index (χ4v) is 1.58. The Balaban J connectivity index is 2.41. The van der Waals surface area contributed by atoms with Crippen LogP contribution in [0, 0.1) is 0 Å². The number of hydrogen-bond donors (Lipinski definition) is 1.